The first kappa shape index (κ1) is 24.1. The number of benzene rings is 2. The summed E-state index contributed by atoms with van der Waals surface area (Å²) in [6.45, 7) is 2.25. The molecule has 0 N–H and O–H groups in total. The van der Waals surface area contributed by atoms with Crippen LogP contribution in [0.25, 0.3) is 0 Å². The van der Waals surface area contributed by atoms with Gasteiger partial charge in [-0.25, -0.2) is 0 Å². The predicted octanol–water partition coefficient (Wildman–Crippen LogP) is 7.94. The van der Waals surface area contributed by atoms with Gasteiger partial charge in [-0.2, -0.15) is 0 Å². The van der Waals surface area contributed by atoms with Crippen LogP contribution in [-0.4, -0.2) is 10.7 Å². The zero-order valence-electron chi connectivity index (χ0n) is 17.9. The number of halogens is 1. The summed E-state index contributed by atoms with van der Waals surface area (Å²) >= 11 is 5.82. The largest absolute Gasteiger partial charge is 0.289 e. The number of nitrogens with zero attached hydrogens (tertiary/aromatic N) is 1. The Hall–Kier alpha value is -2.20. The minimum absolute atomic E-state index is 0.0309. The van der Waals surface area contributed by atoms with E-state index < -0.39 is 4.92 Å². The highest BCUT2D eigenvalue weighted by Crippen LogP contribution is 2.26. The van der Waals surface area contributed by atoms with Gasteiger partial charge in [0.25, 0.3) is 5.69 Å². The quantitative estimate of drug-likeness (QED) is 0.132. The average molecular weight is 430 g/mol. The maximum atomic E-state index is 12.6. The van der Waals surface area contributed by atoms with Crippen molar-refractivity contribution in [2.24, 2.45) is 0 Å². The van der Waals surface area contributed by atoms with Crippen LogP contribution in [0.15, 0.2) is 42.5 Å². The number of hydrogen-bond acceptors (Lipinski definition) is 3. The van der Waals surface area contributed by atoms with Gasteiger partial charge >= 0.3 is 0 Å². The molecule has 0 saturated heterocycles. The first-order chi connectivity index (χ1) is 14.5. The molecular formula is C25H32ClNO3. The lowest BCUT2D eigenvalue weighted by Crippen LogP contribution is -2.02. The van der Waals surface area contributed by atoms with Crippen LogP contribution in [0.3, 0.4) is 0 Å². The number of nitro benzene ring substituents is 1. The third kappa shape index (κ3) is 7.91. The Morgan fingerprint density at radius 3 is 1.93 bits per heavy atom. The van der Waals surface area contributed by atoms with Crippen LogP contribution in [-0.2, 0) is 6.42 Å². The van der Waals surface area contributed by atoms with Crippen LogP contribution in [0.5, 0.6) is 0 Å². The molecule has 0 atom stereocenters. The summed E-state index contributed by atoms with van der Waals surface area (Å²) in [7, 11) is 0. The molecule has 0 aliphatic rings. The Morgan fingerprint density at radius 1 is 0.833 bits per heavy atom. The first-order valence-corrected chi connectivity index (χ1v) is 11.5. The fraction of sp³-hybridized carbons (Fsp3) is 0.480. The van der Waals surface area contributed by atoms with Crippen molar-refractivity contribution >= 4 is 23.1 Å². The van der Waals surface area contributed by atoms with Gasteiger partial charge in [-0.3, -0.25) is 14.9 Å². The molecule has 2 aromatic carbocycles. The van der Waals surface area contributed by atoms with Crippen molar-refractivity contribution in [3.05, 3.63) is 74.3 Å². The molecule has 0 aliphatic carbocycles. The number of rotatable bonds is 14. The molecule has 2 rings (SSSR count). The summed E-state index contributed by atoms with van der Waals surface area (Å²) in [5.41, 5.74) is 1.76. The molecule has 0 fully saturated rings. The lowest BCUT2D eigenvalue weighted by atomic mass is 9.99. The van der Waals surface area contributed by atoms with Gasteiger partial charge in [-0.05, 0) is 30.5 Å². The summed E-state index contributed by atoms with van der Waals surface area (Å²) in [6.07, 6.45) is 14.2. The van der Waals surface area contributed by atoms with Gasteiger partial charge < -0.3 is 0 Å². The molecular weight excluding hydrogens is 398 g/mol. The summed E-state index contributed by atoms with van der Waals surface area (Å²) in [5.74, 6) is -0.236. The van der Waals surface area contributed by atoms with Crippen molar-refractivity contribution in [1.82, 2.24) is 0 Å². The molecule has 0 radical (unpaired) electrons. The molecule has 0 aliphatic heterocycles. The highest BCUT2D eigenvalue weighted by molar-refractivity contribution is 6.32. The van der Waals surface area contributed by atoms with Crippen molar-refractivity contribution in [2.75, 3.05) is 0 Å². The van der Waals surface area contributed by atoms with Crippen molar-refractivity contribution in [3.63, 3.8) is 0 Å². The molecule has 162 valence electrons. The Balaban J connectivity index is 1.74. The minimum atomic E-state index is -0.575. The number of unbranched alkanes of at least 4 members (excludes halogenated alkanes) is 9. The predicted molar refractivity (Wildman–Crippen MR) is 124 cm³/mol. The van der Waals surface area contributed by atoms with Gasteiger partial charge in [0.1, 0.15) is 5.02 Å². The number of hydrogen-bond donors (Lipinski definition) is 0. The molecule has 0 amide bonds. The Labute approximate surface area is 184 Å². The smallest absolute Gasteiger partial charge is 0.288 e. The van der Waals surface area contributed by atoms with Crippen molar-refractivity contribution in [3.8, 4) is 0 Å². The van der Waals surface area contributed by atoms with Crippen molar-refractivity contribution in [1.29, 1.82) is 0 Å². The van der Waals surface area contributed by atoms with Crippen molar-refractivity contribution in [2.45, 2.75) is 77.6 Å². The van der Waals surface area contributed by atoms with Crippen LogP contribution >= 0.6 is 11.6 Å². The van der Waals surface area contributed by atoms with E-state index in [1.165, 1.54) is 81.5 Å². The molecule has 0 spiro atoms. The summed E-state index contributed by atoms with van der Waals surface area (Å²) in [6, 6.07) is 11.7. The van der Waals surface area contributed by atoms with Crippen LogP contribution < -0.4 is 0 Å². The fourth-order valence-corrected chi connectivity index (χ4v) is 3.79. The normalized spacial score (nSPS) is 10.9. The number of carbonyl (C=O) groups is 1. The third-order valence-corrected chi connectivity index (χ3v) is 5.76. The third-order valence-electron chi connectivity index (χ3n) is 5.44. The number of nitro groups is 1. The lowest BCUT2D eigenvalue weighted by Gasteiger charge is -2.05. The molecule has 0 unspecified atom stereocenters. The maximum Gasteiger partial charge on any atom is 0.288 e. The monoisotopic (exact) mass is 429 g/mol. The van der Waals surface area contributed by atoms with E-state index in [9.17, 15) is 14.9 Å². The van der Waals surface area contributed by atoms with E-state index >= 15 is 0 Å². The molecule has 5 heteroatoms. The van der Waals surface area contributed by atoms with E-state index in [1.807, 2.05) is 12.1 Å². The van der Waals surface area contributed by atoms with Crippen molar-refractivity contribution < 1.29 is 9.72 Å². The van der Waals surface area contributed by atoms with E-state index in [2.05, 4.69) is 6.92 Å². The first-order valence-electron chi connectivity index (χ1n) is 11.1. The van der Waals surface area contributed by atoms with E-state index in [0.29, 0.717) is 5.56 Å². The van der Waals surface area contributed by atoms with Gasteiger partial charge in [0.15, 0.2) is 5.78 Å². The van der Waals surface area contributed by atoms with Crippen LogP contribution in [0.2, 0.25) is 5.02 Å². The van der Waals surface area contributed by atoms with Gasteiger partial charge in [-0.1, -0.05) is 101 Å². The maximum absolute atomic E-state index is 12.6. The van der Waals surface area contributed by atoms with E-state index in [0.717, 1.165) is 12.8 Å². The number of carbonyl (C=O) groups excluding carboxylic acids is 1. The molecule has 0 saturated carbocycles. The van der Waals surface area contributed by atoms with Crippen LogP contribution in [0.4, 0.5) is 5.69 Å². The Bertz CT molecular complexity index is 818. The SMILES string of the molecule is CCCCCCCCCCCCc1ccc(C(=O)c2ccc(Cl)c([N+](=O)[O-])c2)cc1. The topological polar surface area (TPSA) is 60.2 Å². The number of aryl methyl sites for hydroxylation is 1. The molecule has 0 bridgehead atoms. The van der Waals surface area contributed by atoms with Gasteiger partial charge in [0.05, 0.1) is 4.92 Å². The summed E-state index contributed by atoms with van der Waals surface area (Å²) in [5, 5.41) is 11.1. The fourth-order valence-electron chi connectivity index (χ4n) is 3.60. The second-order valence-electron chi connectivity index (χ2n) is 7.88. The summed E-state index contributed by atoms with van der Waals surface area (Å²) < 4.78 is 0. The zero-order valence-corrected chi connectivity index (χ0v) is 18.6. The zero-order chi connectivity index (χ0) is 21.8. The molecule has 4 nitrogen and oxygen atoms in total. The number of ketones is 1. The second-order valence-corrected chi connectivity index (χ2v) is 8.29. The van der Waals surface area contributed by atoms with Crippen LogP contribution in [0, 0.1) is 10.1 Å². The van der Waals surface area contributed by atoms with Crippen LogP contribution in [0.1, 0.15) is 92.6 Å². The molecule has 30 heavy (non-hydrogen) atoms. The van der Waals surface area contributed by atoms with E-state index in [1.54, 1.807) is 12.1 Å². The lowest BCUT2D eigenvalue weighted by molar-refractivity contribution is -0.384. The highest BCUT2D eigenvalue weighted by atomic mass is 35.5. The van der Waals surface area contributed by atoms with E-state index in [4.69, 9.17) is 11.6 Å². The standard InChI is InChI=1S/C25H32ClNO3/c1-2-3-4-5-6-7-8-9-10-11-12-20-13-15-21(16-14-20)25(28)22-17-18-23(26)24(19-22)27(29)30/h13-19H,2-12H2,1H3. The molecule has 2 aromatic rings. The highest BCUT2D eigenvalue weighted by Gasteiger charge is 2.17. The van der Waals surface area contributed by atoms with Gasteiger partial charge in [-0.15, -0.1) is 0 Å². The van der Waals surface area contributed by atoms with E-state index in [-0.39, 0.29) is 22.1 Å². The average Bonchev–Trinajstić information content (AvgIpc) is 2.75. The minimum Gasteiger partial charge on any atom is -0.289 e. The molecule has 0 aromatic heterocycles. The Kier molecular flexibility index (Phi) is 10.6. The van der Waals surface area contributed by atoms with Gasteiger partial charge in [0.2, 0.25) is 0 Å². The molecule has 0 heterocycles. The summed E-state index contributed by atoms with van der Waals surface area (Å²) in [4.78, 5) is 23.1. The second kappa shape index (κ2) is 13.2. The Morgan fingerprint density at radius 2 is 1.37 bits per heavy atom. The van der Waals surface area contributed by atoms with Gasteiger partial charge in [0, 0.05) is 17.2 Å².